The topological polar surface area (TPSA) is 74.2 Å². The van der Waals surface area contributed by atoms with Gasteiger partial charge in [0, 0.05) is 43.3 Å². The number of nitrogens with zero attached hydrogens (tertiary/aromatic N) is 3. The van der Waals surface area contributed by atoms with Gasteiger partial charge >= 0.3 is 5.97 Å². The van der Waals surface area contributed by atoms with E-state index < -0.39 is 0 Å². The number of carbonyl (C=O) groups is 2. The molecule has 0 saturated carbocycles. The Balaban J connectivity index is 2.18. The third-order valence-electron chi connectivity index (χ3n) is 4.44. The zero-order chi connectivity index (χ0) is 20.4. The first-order chi connectivity index (χ1) is 13.6. The summed E-state index contributed by atoms with van der Waals surface area (Å²) in [7, 11) is 0. The Morgan fingerprint density at radius 1 is 1.29 bits per heavy atom. The Kier molecular flexibility index (Phi) is 9.30. The molecule has 8 heteroatoms. The van der Waals surface area contributed by atoms with E-state index in [0.29, 0.717) is 38.4 Å². The molecular formula is C20H30N4O3S. The summed E-state index contributed by atoms with van der Waals surface area (Å²) in [6, 6.07) is 0. The molecule has 28 heavy (non-hydrogen) atoms. The van der Waals surface area contributed by atoms with Gasteiger partial charge in [0.05, 0.1) is 18.7 Å². The second kappa shape index (κ2) is 11.7. The Morgan fingerprint density at radius 3 is 2.64 bits per heavy atom. The summed E-state index contributed by atoms with van der Waals surface area (Å²) < 4.78 is 5.23. The minimum Gasteiger partial charge on any atom is -0.463 e. The molecule has 1 amide bonds. The molecule has 154 valence electrons. The predicted octanol–water partition coefficient (Wildman–Crippen LogP) is 2.14. The Morgan fingerprint density at radius 2 is 2.04 bits per heavy atom. The van der Waals surface area contributed by atoms with Crippen LogP contribution in [-0.2, 0) is 14.3 Å². The van der Waals surface area contributed by atoms with Crippen LogP contribution in [0.3, 0.4) is 0 Å². The number of amides is 1. The molecule has 2 heterocycles. The maximum absolute atomic E-state index is 12.4. The lowest BCUT2D eigenvalue weighted by atomic mass is 10.1. The monoisotopic (exact) mass is 406 g/mol. The van der Waals surface area contributed by atoms with Crippen LogP contribution in [0.4, 0.5) is 0 Å². The molecule has 0 aromatic rings. The molecule has 1 fully saturated rings. The number of thioether (sulfide) groups is 1. The summed E-state index contributed by atoms with van der Waals surface area (Å²) in [5.74, 6) is 0.473. The number of nitrogens with one attached hydrogen (secondary N) is 1. The summed E-state index contributed by atoms with van der Waals surface area (Å²) >= 11 is 1.61. The molecule has 0 bridgehead atoms. The van der Waals surface area contributed by atoms with E-state index in [4.69, 9.17) is 4.74 Å². The van der Waals surface area contributed by atoms with Crippen molar-refractivity contribution in [3.05, 3.63) is 33.7 Å². The summed E-state index contributed by atoms with van der Waals surface area (Å²) in [6.07, 6.45) is 5.92. The average molecular weight is 407 g/mol. The molecule has 0 aromatic carbocycles. The molecule has 1 saturated heterocycles. The third kappa shape index (κ3) is 6.24. The number of aliphatic imine (C=N–C) groups is 1. The van der Waals surface area contributed by atoms with Gasteiger partial charge in [-0.3, -0.25) is 14.7 Å². The van der Waals surface area contributed by atoms with E-state index in [1.165, 1.54) is 0 Å². The van der Waals surface area contributed by atoms with E-state index in [1.807, 2.05) is 18.4 Å². The van der Waals surface area contributed by atoms with Crippen LogP contribution in [0, 0.1) is 0 Å². The average Bonchev–Trinajstić information content (AvgIpc) is 2.72. The van der Waals surface area contributed by atoms with Crippen molar-refractivity contribution >= 4 is 30.0 Å². The van der Waals surface area contributed by atoms with Crippen molar-refractivity contribution in [1.29, 1.82) is 0 Å². The number of carbonyl (C=O) groups excluding carboxylic acids is 2. The van der Waals surface area contributed by atoms with Gasteiger partial charge in [-0.2, -0.15) is 0 Å². The molecule has 0 atom stereocenters. The summed E-state index contributed by atoms with van der Waals surface area (Å²) in [4.78, 5) is 33.0. The fourth-order valence-corrected chi connectivity index (χ4v) is 3.74. The van der Waals surface area contributed by atoms with E-state index >= 15 is 0 Å². The minimum atomic E-state index is -0.318. The number of hydrogen-bond donors (Lipinski definition) is 1. The number of allylic oxidation sites excluding steroid dienone is 2. The van der Waals surface area contributed by atoms with Crippen LogP contribution < -0.4 is 5.32 Å². The lowest BCUT2D eigenvalue weighted by Gasteiger charge is -2.34. The van der Waals surface area contributed by atoms with Gasteiger partial charge in [-0.05, 0) is 25.7 Å². The summed E-state index contributed by atoms with van der Waals surface area (Å²) in [6.45, 7) is 10.1. The number of rotatable bonds is 9. The molecule has 1 N–H and O–H groups in total. The second-order valence-electron chi connectivity index (χ2n) is 6.45. The highest BCUT2D eigenvalue weighted by Crippen LogP contribution is 2.23. The largest absolute Gasteiger partial charge is 0.463 e. The maximum atomic E-state index is 12.4. The van der Waals surface area contributed by atoms with Crippen molar-refractivity contribution in [3.63, 3.8) is 0 Å². The number of ether oxygens (including phenoxy) is 1. The number of piperazine rings is 1. The van der Waals surface area contributed by atoms with Crippen molar-refractivity contribution in [2.75, 3.05) is 45.9 Å². The second-order valence-corrected chi connectivity index (χ2v) is 7.40. The Hall–Kier alpha value is -2.06. The number of esters is 1. The molecule has 0 aliphatic carbocycles. The number of amidine groups is 1. The normalized spacial score (nSPS) is 18.9. The van der Waals surface area contributed by atoms with Gasteiger partial charge in [0.25, 0.3) is 0 Å². The maximum Gasteiger partial charge on any atom is 0.337 e. The minimum absolute atomic E-state index is 0.308. The molecule has 0 aromatic heterocycles. The zero-order valence-electron chi connectivity index (χ0n) is 16.9. The van der Waals surface area contributed by atoms with Crippen molar-refractivity contribution < 1.29 is 14.3 Å². The van der Waals surface area contributed by atoms with Crippen LogP contribution in [0.15, 0.2) is 38.7 Å². The fraction of sp³-hybridized carbons (Fsp3) is 0.550. The molecule has 2 aliphatic rings. The quantitative estimate of drug-likeness (QED) is 0.467. The highest BCUT2D eigenvalue weighted by atomic mass is 32.2. The van der Waals surface area contributed by atoms with Crippen molar-refractivity contribution in [2.24, 2.45) is 4.99 Å². The van der Waals surface area contributed by atoms with Gasteiger partial charge in [-0.15, -0.1) is 0 Å². The van der Waals surface area contributed by atoms with Crippen molar-refractivity contribution in [3.8, 4) is 0 Å². The van der Waals surface area contributed by atoms with Crippen LogP contribution in [0.25, 0.3) is 0 Å². The van der Waals surface area contributed by atoms with E-state index in [1.54, 1.807) is 23.6 Å². The van der Waals surface area contributed by atoms with Gasteiger partial charge in [-0.1, -0.05) is 30.8 Å². The molecule has 2 rings (SSSR count). The smallest absolute Gasteiger partial charge is 0.337 e. The first kappa shape index (κ1) is 22.2. The SMILES string of the molecule is C/C=C\S/C(=C/CC)C1=NCC(C(=O)OCC)=C(CN2CCN(C=O)CC2)N1. The van der Waals surface area contributed by atoms with Crippen molar-refractivity contribution in [1.82, 2.24) is 15.1 Å². The zero-order valence-corrected chi connectivity index (χ0v) is 17.8. The standard InChI is InChI=1S/C20H30N4O3S/c1-4-7-18(28-12-5-2)19-21-13-16(20(26)27-6-3)17(22-19)14-23-8-10-24(15-25)11-9-23/h5,7,12,15H,4,6,8-11,13-14H2,1-3H3,(H,21,22)/b12-5-,18-7+. The lowest BCUT2D eigenvalue weighted by Crippen LogP contribution is -2.48. The van der Waals surface area contributed by atoms with E-state index in [-0.39, 0.29) is 5.97 Å². The van der Waals surface area contributed by atoms with Crippen LogP contribution in [0.1, 0.15) is 27.2 Å². The number of hydrogen-bond acceptors (Lipinski definition) is 7. The van der Waals surface area contributed by atoms with E-state index in [9.17, 15) is 9.59 Å². The van der Waals surface area contributed by atoms with Gasteiger partial charge in [-0.25, -0.2) is 4.79 Å². The molecule has 7 nitrogen and oxygen atoms in total. The highest BCUT2D eigenvalue weighted by Gasteiger charge is 2.26. The fourth-order valence-electron chi connectivity index (χ4n) is 2.97. The predicted molar refractivity (Wildman–Crippen MR) is 114 cm³/mol. The van der Waals surface area contributed by atoms with Crippen molar-refractivity contribution in [2.45, 2.75) is 27.2 Å². The van der Waals surface area contributed by atoms with Gasteiger partial charge < -0.3 is 15.0 Å². The van der Waals surface area contributed by atoms with Crippen LogP contribution in [-0.4, -0.2) is 73.9 Å². The molecular weight excluding hydrogens is 376 g/mol. The van der Waals surface area contributed by atoms with E-state index in [2.05, 4.69) is 28.2 Å². The summed E-state index contributed by atoms with van der Waals surface area (Å²) in [5, 5.41) is 5.41. The lowest BCUT2D eigenvalue weighted by molar-refractivity contribution is -0.138. The molecule has 2 aliphatic heterocycles. The van der Waals surface area contributed by atoms with Gasteiger partial charge in [0.2, 0.25) is 6.41 Å². The van der Waals surface area contributed by atoms with Crippen LogP contribution >= 0.6 is 11.8 Å². The van der Waals surface area contributed by atoms with Gasteiger partial charge in [0.15, 0.2) is 0 Å². The van der Waals surface area contributed by atoms with E-state index in [0.717, 1.165) is 42.4 Å². The molecule has 0 spiro atoms. The third-order valence-corrected chi connectivity index (χ3v) is 5.46. The summed E-state index contributed by atoms with van der Waals surface area (Å²) in [5.41, 5.74) is 1.42. The first-order valence-corrected chi connectivity index (χ1v) is 10.6. The van der Waals surface area contributed by atoms with Gasteiger partial charge in [0.1, 0.15) is 5.84 Å². The Labute approximate surface area is 171 Å². The molecule has 0 radical (unpaired) electrons. The van der Waals surface area contributed by atoms with Crippen LogP contribution in [0.5, 0.6) is 0 Å². The molecule has 0 unspecified atom stereocenters. The van der Waals surface area contributed by atoms with Crippen LogP contribution in [0.2, 0.25) is 0 Å². The Bertz CT molecular complexity index is 677. The first-order valence-electron chi connectivity index (χ1n) is 9.73. The highest BCUT2D eigenvalue weighted by molar-refractivity contribution is 8.06.